The third-order valence-electron chi connectivity index (χ3n) is 2.73. The smallest absolute Gasteiger partial charge is 0.119 e. The van der Waals surface area contributed by atoms with Crippen molar-refractivity contribution in [2.24, 2.45) is 0 Å². The van der Waals surface area contributed by atoms with Gasteiger partial charge in [0.05, 0.1) is 6.61 Å². The Bertz CT molecular complexity index is 329. The molecule has 0 saturated carbocycles. The van der Waals surface area contributed by atoms with Crippen LogP contribution < -0.4 is 4.74 Å². The largest absolute Gasteiger partial charge is 0.494 e. The van der Waals surface area contributed by atoms with Crippen LogP contribution in [-0.2, 0) is 0 Å². The van der Waals surface area contributed by atoms with Gasteiger partial charge in [0.2, 0.25) is 0 Å². The van der Waals surface area contributed by atoms with Gasteiger partial charge in [-0.05, 0) is 55.7 Å². The van der Waals surface area contributed by atoms with Crippen LogP contribution in [0, 0.1) is 13.8 Å². The molecular formula is C14H21BrOS. The summed E-state index contributed by atoms with van der Waals surface area (Å²) in [5.74, 6) is 1.98. The van der Waals surface area contributed by atoms with E-state index in [2.05, 4.69) is 54.5 Å². The van der Waals surface area contributed by atoms with Crippen LogP contribution >= 0.6 is 28.6 Å². The Morgan fingerprint density at radius 1 is 1.06 bits per heavy atom. The number of unbranched alkanes of at least 4 members (excludes halogenated alkanes) is 3. The first-order chi connectivity index (χ1) is 8.15. The third-order valence-corrected chi connectivity index (χ3v) is 4.30. The predicted octanol–water partition coefficient (Wildman–Crippen LogP) is 4.93. The first-order valence-corrected chi connectivity index (χ1v) is 7.58. The Kier molecular flexibility index (Phi) is 7.05. The lowest BCUT2D eigenvalue weighted by molar-refractivity contribution is 0.304. The molecule has 0 aliphatic heterocycles. The van der Waals surface area contributed by atoms with Crippen molar-refractivity contribution in [3.8, 4) is 5.75 Å². The minimum absolute atomic E-state index is 0.813. The van der Waals surface area contributed by atoms with Crippen LogP contribution in [0.25, 0.3) is 0 Å². The van der Waals surface area contributed by atoms with Crippen molar-refractivity contribution in [2.75, 3.05) is 12.4 Å². The number of benzene rings is 1. The molecular weight excluding hydrogens is 296 g/mol. The molecule has 0 fully saturated rings. The van der Waals surface area contributed by atoms with Crippen LogP contribution in [0.3, 0.4) is 0 Å². The molecule has 0 aliphatic rings. The molecule has 0 spiro atoms. The summed E-state index contributed by atoms with van der Waals surface area (Å²) in [6.07, 6.45) is 4.82. The van der Waals surface area contributed by atoms with Crippen molar-refractivity contribution in [3.63, 3.8) is 0 Å². The molecule has 1 aromatic carbocycles. The van der Waals surface area contributed by atoms with Gasteiger partial charge in [0.25, 0.3) is 0 Å². The van der Waals surface area contributed by atoms with Gasteiger partial charge in [0.1, 0.15) is 5.75 Å². The molecule has 1 rings (SSSR count). The fraction of sp³-hybridized carbons (Fsp3) is 0.571. The molecule has 0 aliphatic carbocycles. The summed E-state index contributed by atoms with van der Waals surface area (Å²) in [4.78, 5) is 0. The molecule has 0 saturated heterocycles. The highest BCUT2D eigenvalue weighted by Crippen LogP contribution is 2.26. The Morgan fingerprint density at radius 3 is 2.24 bits per heavy atom. The second-order valence-electron chi connectivity index (χ2n) is 4.36. The molecule has 0 unspecified atom stereocenters. The fourth-order valence-electron chi connectivity index (χ4n) is 1.75. The number of rotatable bonds is 7. The molecule has 0 N–H and O–H groups in total. The molecule has 0 aromatic heterocycles. The van der Waals surface area contributed by atoms with E-state index in [-0.39, 0.29) is 0 Å². The summed E-state index contributed by atoms with van der Waals surface area (Å²) in [6.45, 7) is 5.00. The maximum atomic E-state index is 5.76. The van der Waals surface area contributed by atoms with Crippen molar-refractivity contribution in [1.29, 1.82) is 0 Å². The number of thiol groups is 1. The van der Waals surface area contributed by atoms with Gasteiger partial charge < -0.3 is 4.74 Å². The summed E-state index contributed by atoms with van der Waals surface area (Å²) in [7, 11) is 0. The van der Waals surface area contributed by atoms with Crippen molar-refractivity contribution in [1.82, 2.24) is 0 Å². The average molecular weight is 317 g/mol. The van der Waals surface area contributed by atoms with Gasteiger partial charge in [-0.2, -0.15) is 12.6 Å². The van der Waals surface area contributed by atoms with E-state index in [4.69, 9.17) is 4.74 Å². The predicted molar refractivity (Wildman–Crippen MR) is 81.4 cm³/mol. The van der Waals surface area contributed by atoms with E-state index in [1.54, 1.807) is 0 Å². The molecule has 3 heteroatoms. The summed E-state index contributed by atoms with van der Waals surface area (Å²) < 4.78 is 6.94. The minimum atomic E-state index is 0.813. The van der Waals surface area contributed by atoms with Crippen LogP contribution in [0.2, 0.25) is 0 Å². The SMILES string of the molecule is Cc1cc(OCCCCCCS)cc(C)c1Br. The molecule has 0 amide bonds. The molecule has 0 atom stereocenters. The highest BCUT2D eigenvalue weighted by Gasteiger charge is 2.02. The second kappa shape index (κ2) is 8.04. The van der Waals surface area contributed by atoms with Crippen molar-refractivity contribution >= 4 is 28.6 Å². The van der Waals surface area contributed by atoms with E-state index < -0.39 is 0 Å². The normalized spacial score (nSPS) is 10.6. The van der Waals surface area contributed by atoms with E-state index in [0.717, 1.165) is 24.5 Å². The summed E-state index contributed by atoms with van der Waals surface area (Å²) in [5.41, 5.74) is 2.46. The maximum absolute atomic E-state index is 5.76. The third kappa shape index (κ3) is 5.35. The van der Waals surface area contributed by atoms with Gasteiger partial charge in [0.15, 0.2) is 0 Å². The van der Waals surface area contributed by atoms with Gasteiger partial charge in [-0.15, -0.1) is 0 Å². The Labute approximate surface area is 118 Å². The van der Waals surface area contributed by atoms with Crippen molar-refractivity contribution in [2.45, 2.75) is 39.5 Å². The van der Waals surface area contributed by atoms with E-state index in [1.165, 1.54) is 34.9 Å². The number of hydrogen-bond donors (Lipinski definition) is 1. The standard InChI is InChI=1S/C14H21BrOS/c1-11-9-13(10-12(2)14(11)15)16-7-5-3-4-6-8-17/h9-10,17H,3-8H2,1-2H3. The lowest BCUT2D eigenvalue weighted by Gasteiger charge is -2.10. The molecule has 0 radical (unpaired) electrons. The van der Waals surface area contributed by atoms with Gasteiger partial charge in [0, 0.05) is 4.47 Å². The monoisotopic (exact) mass is 316 g/mol. The van der Waals surface area contributed by atoms with Gasteiger partial charge in [-0.3, -0.25) is 0 Å². The topological polar surface area (TPSA) is 9.23 Å². The average Bonchev–Trinajstić information content (AvgIpc) is 2.30. The highest BCUT2D eigenvalue weighted by molar-refractivity contribution is 9.10. The Morgan fingerprint density at radius 2 is 1.65 bits per heavy atom. The number of ether oxygens (including phenoxy) is 1. The molecule has 1 nitrogen and oxygen atoms in total. The quantitative estimate of drug-likeness (QED) is 0.554. The molecule has 0 bridgehead atoms. The zero-order chi connectivity index (χ0) is 12.7. The summed E-state index contributed by atoms with van der Waals surface area (Å²) >= 11 is 7.76. The van der Waals surface area contributed by atoms with Crippen LogP contribution in [0.4, 0.5) is 0 Å². The van der Waals surface area contributed by atoms with Crippen LogP contribution in [-0.4, -0.2) is 12.4 Å². The highest BCUT2D eigenvalue weighted by atomic mass is 79.9. The van der Waals surface area contributed by atoms with E-state index in [1.807, 2.05) is 0 Å². The molecule has 17 heavy (non-hydrogen) atoms. The lowest BCUT2D eigenvalue weighted by Crippen LogP contribution is -1.98. The van der Waals surface area contributed by atoms with E-state index >= 15 is 0 Å². The number of halogens is 1. The number of hydrogen-bond acceptors (Lipinski definition) is 2. The summed E-state index contributed by atoms with van der Waals surface area (Å²) in [5, 5.41) is 0. The van der Waals surface area contributed by atoms with Crippen molar-refractivity contribution in [3.05, 3.63) is 27.7 Å². The molecule has 0 heterocycles. The Balaban J connectivity index is 2.32. The number of aryl methyl sites for hydroxylation is 2. The first-order valence-electron chi connectivity index (χ1n) is 6.15. The Hall–Kier alpha value is -0.150. The summed E-state index contributed by atoms with van der Waals surface area (Å²) in [6, 6.07) is 4.18. The molecule has 96 valence electrons. The van der Waals surface area contributed by atoms with Gasteiger partial charge >= 0.3 is 0 Å². The van der Waals surface area contributed by atoms with Crippen molar-refractivity contribution < 1.29 is 4.74 Å². The zero-order valence-electron chi connectivity index (χ0n) is 10.6. The lowest BCUT2D eigenvalue weighted by atomic mass is 10.1. The van der Waals surface area contributed by atoms with Crippen LogP contribution in [0.15, 0.2) is 16.6 Å². The second-order valence-corrected chi connectivity index (χ2v) is 5.60. The zero-order valence-corrected chi connectivity index (χ0v) is 13.1. The fourth-order valence-corrected chi connectivity index (χ4v) is 2.20. The van der Waals surface area contributed by atoms with Gasteiger partial charge in [-0.1, -0.05) is 28.8 Å². The first kappa shape index (κ1) is 14.9. The van der Waals surface area contributed by atoms with Gasteiger partial charge in [-0.25, -0.2) is 0 Å². The van der Waals surface area contributed by atoms with E-state index in [0.29, 0.717) is 0 Å². The van der Waals surface area contributed by atoms with E-state index in [9.17, 15) is 0 Å². The van der Waals surface area contributed by atoms with Crippen LogP contribution in [0.1, 0.15) is 36.8 Å². The molecule has 1 aromatic rings. The maximum Gasteiger partial charge on any atom is 0.119 e. The minimum Gasteiger partial charge on any atom is -0.494 e. The van der Waals surface area contributed by atoms with Crippen LogP contribution in [0.5, 0.6) is 5.75 Å².